The van der Waals surface area contributed by atoms with Gasteiger partial charge in [0.2, 0.25) is 0 Å². The standard InChI is InChI=1S/C17H22N2/c1-16(2,3)14-10-13(11-19)15(17(4,5)6)9-12(14)7-8-18/h9-10H,7H2,1-6H3. The summed E-state index contributed by atoms with van der Waals surface area (Å²) in [6.07, 6.45) is 0.390. The van der Waals surface area contributed by atoms with Gasteiger partial charge in [-0.2, -0.15) is 10.5 Å². The van der Waals surface area contributed by atoms with E-state index in [1.807, 2.05) is 12.1 Å². The summed E-state index contributed by atoms with van der Waals surface area (Å²) in [6, 6.07) is 8.54. The van der Waals surface area contributed by atoms with Crippen molar-refractivity contribution in [3.05, 3.63) is 34.4 Å². The summed E-state index contributed by atoms with van der Waals surface area (Å²) in [6.45, 7) is 12.6. The number of hydrogen-bond donors (Lipinski definition) is 0. The molecule has 0 aromatic heterocycles. The molecule has 0 saturated heterocycles. The van der Waals surface area contributed by atoms with Gasteiger partial charge in [-0.05, 0) is 33.6 Å². The molecular formula is C17H22N2. The van der Waals surface area contributed by atoms with Crippen molar-refractivity contribution in [2.75, 3.05) is 0 Å². The summed E-state index contributed by atoms with van der Waals surface area (Å²) in [5.74, 6) is 0. The highest BCUT2D eigenvalue weighted by atomic mass is 14.3. The Morgan fingerprint density at radius 2 is 1.42 bits per heavy atom. The highest BCUT2D eigenvalue weighted by Crippen LogP contribution is 2.33. The van der Waals surface area contributed by atoms with Gasteiger partial charge in [0, 0.05) is 0 Å². The molecule has 0 amide bonds. The van der Waals surface area contributed by atoms with E-state index in [2.05, 4.69) is 53.7 Å². The molecule has 0 radical (unpaired) electrons. The second-order valence-electron chi connectivity index (χ2n) is 7.00. The largest absolute Gasteiger partial charge is 0.198 e. The molecule has 19 heavy (non-hydrogen) atoms. The first-order chi connectivity index (χ1) is 8.61. The molecule has 0 heterocycles. The maximum absolute atomic E-state index is 9.38. The van der Waals surface area contributed by atoms with Crippen molar-refractivity contribution < 1.29 is 0 Å². The van der Waals surface area contributed by atoms with Crippen LogP contribution < -0.4 is 0 Å². The molecule has 1 rings (SSSR count). The fourth-order valence-electron chi connectivity index (χ4n) is 2.29. The van der Waals surface area contributed by atoms with Gasteiger partial charge in [-0.3, -0.25) is 0 Å². The monoisotopic (exact) mass is 254 g/mol. The van der Waals surface area contributed by atoms with E-state index in [-0.39, 0.29) is 10.8 Å². The molecule has 0 aliphatic rings. The van der Waals surface area contributed by atoms with Crippen molar-refractivity contribution in [1.82, 2.24) is 0 Å². The third kappa shape index (κ3) is 3.36. The third-order valence-electron chi connectivity index (χ3n) is 3.25. The average Bonchev–Trinajstić information content (AvgIpc) is 2.26. The summed E-state index contributed by atoms with van der Waals surface area (Å²) >= 11 is 0. The van der Waals surface area contributed by atoms with Gasteiger partial charge in [-0.1, -0.05) is 47.6 Å². The summed E-state index contributed by atoms with van der Waals surface area (Å²) in [5, 5.41) is 18.4. The maximum Gasteiger partial charge on any atom is 0.0994 e. The highest BCUT2D eigenvalue weighted by Gasteiger charge is 2.24. The Bertz CT molecular complexity index is 555. The van der Waals surface area contributed by atoms with Gasteiger partial charge >= 0.3 is 0 Å². The molecule has 1 aromatic carbocycles. The Kier molecular flexibility index (Phi) is 4.06. The first-order valence-corrected chi connectivity index (χ1v) is 6.56. The molecule has 0 aliphatic heterocycles. The van der Waals surface area contributed by atoms with E-state index in [1.165, 1.54) is 0 Å². The molecule has 0 unspecified atom stereocenters. The van der Waals surface area contributed by atoms with Gasteiger partial charge < -0.3 is 0 Å². The summed E-state index contributed by atoms with van der Waals surface area (Å²) < 4.78 is 0. The number of rotatable bonds is 1. The minimum atomic E-state index is -0.0916. The van der Waals surface area contributed by atoms with Crippen LogP contribution in [0.4, 0.5) is 0 Å². The second kappa shape index (κ2) is 5.06. The first-order valence-electron chi connectivity index (χ1n) is 6.56. The van der Waals surface area contributed by atoms with Crippen LogP contribution in [0.25, 0.3) is 0 Å². The Hall–Kier alpha value is -1.80. The van der Waals surface area contributed by atoms with E-state index in [4.69, 9.17) is 5.26 Å². The first kappa shape index (κ1) is 15.3. The van der Waals surface area contributed by atoms with Gasteiger partial charge in [-0.15, -0.1) is 0 Å². The molecule has 2 nitrogen and oxygen atoms in total. The van der Waals surface area contributed by atoms with E-state index in [0.29, 0.717) is 6.42 Å². The zero-order chi connectivity index (χ0) is 14.8. The zero-order valence-electron chi connectivity index (χ0n) is 12.8. The number of hydrogen-bond acceptors (Lipinski definition) is 2. The summed E-state index contributed by atoms with van der Waals surface area (Å²) in [5.41, 5.74) is 3.73. The molecule has 100 valence electrons. The van der Waals surface area contributed by atoms with Crippen LogP contribution in [0.2, 0.25) is 0 Å². The SMILES string of the molecule is CC(C)(C)c1cc(CC#N)c(C(C)(C)C)cc1C#N. The molecule has 0 fully saturated rings. The van der Waals surface area contributed by atoms with Crippen LogP contribution in [0.1, 0.15) is 63.8 Å². The quantitative estimate of drug-likeness (QED) is 0.753. The zero-order valence-corrected chi connectivity index (χ0v) is 12.8. The molecule has 0 saturated carbocycles. The van der Waals surface area contributed by atoms with Gasteiger partial charge in [-0.25, -0.2) is 0 Å². The van der Waals surface area contributed by atoms with Crippen molar-refractivity contribution in [2.45, 2.75) is 58.8 Å². The molecule has 0 atom stereocenters. The Morgan fingerprint density at radius 1 is 0.895 bits per heavy atom. The van der Waals surface area contributed by atoms with Gasteiger partial charge in [0.25, 0.3) is 0 Å². The minimum Gasteiger partial charge on any atom is -0.198 e. The van der Waals surface area contributed by atoms with Gasteiger partial charge in [0.1, 0.15) is 0 Å². The van der Waals surface area contributed by atoms with Gasteiger partial charge in [0.15, 0.2) is 0 Å². The molecule has 0 spiro atoms. The molecule has 0 aliphatic carbocycles. The average molecular weight is 254 g/mol. The van der Waals surface area contributed by atoms with Crippen molar-refractivity contribution in [1.29, 1.82) is 10.5 Å². The van der Waals surface area contributed by atoms with E-state index < -0.39 is 0 Å². The Morgan fingerprint density at radius 3 is 1.79 bits per heavy atom. The lowest BCUT2D eigenvalue weighted by atomic mass is 9.76. The van der Waals surface area contributed by atoms with Crippen LogP contribution in [-0.4, -0.2) is 0 Å². The Balaban J connectivity index is 3.63. The van der Waals surface area contributed by atoms with E-state index >= 15 is 0 Å². The normalized spacial score (nSPS) is 11.8. The van der Waals surface area contributed by atoms with Crippen LogP contribution in [0.15, 0.2) is 12.1 Å². The lowest BCUT2D eigenvalue weighted by Gasteiger charge is -2.27. The predicted molar refractivity (Wildman–Crippen MR) is 77.9 cm³/mol. The van der Waals surface area contributed by atoms with Crippen LogP contribution >= 0.6 is 0 Å². The van der Waals surface area contributed by atoms with Crippen molar-refractivity contribution in [3.63, 3.8) is 0 Å². The fourth-order valence-corrected chi connectivity index (χ4v) is 2.29. The molecule has 2 heteroatoms. The van der Waals surface area contributed by atoms with Crippen LogP contribution in [0, 0.1) is 22.7 Å². The molecule has 0 N–H and O–H groups in total. The molecule has 0 bridgehead atoms. The maximum atomic E-state index is 9.38. The van der Waals surface area contributed by atoms with E-state index in [1.54, 1.807) is 0 Å². The fraction of sp³-hybridized carbons (Fsp3) is 0.529. The topological polar surface area (TPSA) is 47.6 Å². The van der Waals surface area contributed by atoms with Crippen LogP contribution in [0.3, 0.4) is 0 Å². The smallest absolute Gasteiger partial charge is 0.0994 e. The minimum absolute atomic E-state index is 0.0613. The summed E-state index contributed by atoms with van der Waals surface area (Å²) in [7, 11) is 0. The lowest BCUT2D eigenvalue weighted by Crippen LogP contribution is -2.19. The third-order valence-corrected chi connectivity index (χ3v) is 3.25. The lowest BCUT2D eigenvalue weighted by molar-refractivity contribution is 0.570. The van der Waals surface area contributed by atoms with Gasteiger partial charge in [0.05, 0.1) is 24.1 Å². The highest BCUT2D eigenvalue weighted by molar-refractivity contribution is 5.50. The molecular weight excluding hydrogens is 232 g/mol. The van der Waals surface area contributed by atoms with Crippen molar-refractivity contribution >= 4 is 0 Å². The van der Waals surface area contributed by atoms with E-state index in [9.17, 15) is 5.26 Å². The number of nitriles is 2. The van der Waals surface area contributed by atoms with Crippen LogP contribution in [0.5, 0.6) is 0 Å². The van der Waals surface area contributed by atoms with E-state index in [0.717, 1.165) is 22.3 Å². The van der Waals surface area contributed by atoms with Crippen molar-refractivity contribution in [2.24, 2.45) is 0 Å². The van der Waals surface area contributed by atoms with Crippen LogP contribution in [-0.2, 0) is 17.3 Å². The Labute approximate surface area is 116 Å². The predicted octanol–water partition coefficient (Wildman–Crippen LogP) is 4.22. The number of nitrogens with zero attached hydrogens (tertiary/aromatic N) is 2. The van der Waals surface area contributed by atoms with Crippen molar-refractivity contribution in [3.8, 4) is 12.1 Å². The number of benzene rings is 1. The molecule has 1 aromatic rings. The summed E-state index contributed by atoms with van der Waals surface area (Å²) in [4.78, 5) is 0. The second-order valence-corrected chi connectivity index (χ2v) is 7.00.